The van der Waals surface area contributed by atoms with Gasteiger partial charge in [-0.1, -0.05) is 32.8 Å². The minimum Gasteiger partial charge on any atom is -0.340 e. The van der Waals surface area contributed by atoms with Gasteiger partial charge in [0.1, 0.15) is 5.69 Å². The Balaban J connectivity index is 2.77. The number of hydrogen-bond acceptors (Lipinski definition) is 2. The summed E-state index contributed by atoms with van der Waals surface area (Å²) in [6.07, 6.45) is 7.02. The van der Waals surface area contributed by atoms with Crippen molar-refractivity contribution in [1.29, 1.82) is 0 Å². The van der Waals surface area contributed by atoms with E-state index < -0.39 is 0 Å². The van der Waals surface area contributed by atoms with Gasteiger partial charge in [-0.25, -0.2) is 0 Å². The van der Waals surface area contributed by atoms with E-state index in [9.17, 15) is 4.79 Å². The van der Waals surface area contributed by atoms with E-state index in [1.54, 1.807) is 11.1 Å². The highest BCUT2D eigenvalue weighted by atomic mass is 16.2. The van der Waals surface area contributed by atoms with Crippen molar-refractivity contribution in [1.82, 2.24) is 9.88 Å². The number of pyridine rings is 1. The largest absolute Gasteiger partial charge is 0.340 e. The molecule has 0 atom stereocenters. The molecule has 0 unspecified atom stereocenters. The molecule has 0 bridgehead atoms. The van der Waals surface area contributed by atoms with Crippen LogP contribution in [0.3, 0.4) is 0 Å². The maximum Gasteiger partial charge on any atom is 0.272 e. The molecule has 18 heavy (non-hydrogen) atoms. The van der Waals surface area contributed by atoms with Crippen LogP contribution in [0, 0.1) is 0 Å². The van der Waals surface area contributed by atoms with Gasteiger partial charge in [0, 0.05) is 19.8 Å². The molecular weight excluding hydrogens is 224 g/mol. The molecule has 0 aliphatic heterocycles. The second-order valence-electron chi connectivity index (χ2n) is 4.69. The van der Waals surface area contributed by atoms with E-state index in [0.29, 0.717) is 5.69 Å². The van der Waals surface area contributed by atoms with Crippen LogP contribution in [0.1, 0.15) is 55.6 Å². The predicted molar refractivity (Wildman–Crippen MR) is 74.7 cm³/mol. The lowest BCUT2D eigenvalue weighted by atomic mass is 10.1. The van der Waals surface area contributed by atoms with Crippen LogP contribution in [0.5, 0.6) is 0 Å². The van der Waals surface area contributed by atoms with Crippen LogP contribution in [0.4, 0.5) is 0 Å². The van der Waals surface area contributed by atoms with E-state index in [2.05, 4.69) is 18.8 Å². The lowest BCUT2D eigenvalue weighted by Crippen LogP contribution is -2.29. The molecule has 0 aliphatic carbocycles. The average molecular weight is 248 g/mol. The summed E-state index contributed by atoms with van der Waals surface area (Å²) in [5.41, 5.74) is 1.71. The minimum atomic E-state index is 0.0511. The van der Waals surface area contributed by atoms with Gasteiger partial charge in [-0.15, -0.1) is 0 Å². The molecule has 1 aromatic rings. The van der Waals surface area contributed by atoms with Crippen molar-refractivity contribution in [2.45, 2.75) is 46.0 Å². The fraction of sp³-hybridized carbons (Fsp3) is 0.600. The number of amides is 1. The molecule has 0 aromatic carbocycles. The Hall–Kier alpha value is -1.38. The molecule has 0 spiro atoms. The van der Waals surface area contributed by atoms with Crippen LogP contribution in [0.2, 0.25) is 0 Å². The Kier molecular flexibility index (Phi) is 6.40. The van der Waals surface area contributed by atoms with Crippen molar-refractivity contribution >= 4 is 5.91 Å². The lowest BCUT2D eigenvalue weighted by Gasteiger charge is -2.17. The summed E-state index contributed by atoms with van der Waals surface area (Å²) >= 11 is 0. The van der Waals surface area contributed by atoms with Crippen LogP contribution in [0.15, 0.2) is 18.3 Å². The van der Waals surface area contributed by atoms with Gasteiger partial charge in [0.15, 0.2) is 0 Å². The number of carbonyl (C=O) groups is 1. The summed E-state index contributed by atoms with van der Waals surface area (Å²) < 4.78 is 0. The summed E-state index contributed by atoms with van der Waals surface area (Å²) in [7, 11) is 1.86. The zero-order chi connectivity index (χ0) is 13.4. The summed E-state index contributed by atoms with van der Waals surface area (Å²) in [5.74, 6) is 0.0511. The van der Waals surface area contributed by atoms with Gasteiger partial charge in [-0.2, -0.15) is 0 Å². The molecule has 0 saturated heterocycles. The quantitative estimate of drug-likeness (QED) is 0.741. The molecule has 1 rings (SSSR count). The van der Waals surface area contributed by atoms with Gasteiger partial charge in [0.2, 0.25) is 0 Å². The fourth-order valence-corrected chi connectivity index (χ4v) is 1.88. The minimum absolute atomic E-state index is 0.0511. The third kappa shape index (κ3) is 4.13. The highest BCUT2D eigenvalue weighted by molar-refractivity contribution is 5.93. The maximum absolute atomic E-state index is 12.3. The molecule has 0 saturated carbocycles. The van der Waals surface area contributed by atoms with Crippen LogP contribution in [-0.4, -0.2) is 29.4 Å². The van der Waals surface area contributed by atoms with Crippen LogP contribution in [-0.2, 0) is 6.42 Å². The van der Waals surface area contributed by atoms with Crippen LogP contribution >= 0.6 is 0 Å². The van der Waals surface area contributed by atoms with Crippen molar-refractivity contribution < 1.29 is 4.79 Å². The first-order chi connectivity index (χ1) is 8.70. The first-order valence-electron chi connectivity index (χ1n) is 6.90. The first kappa shape index (κ1) is 14.7. The van der Waals surface area contributed by atoms with Gasteiger partial charge in [-0.05, 0) is 30.9 Å². The van der Waals surface area contributed by atoms with E-state index in [4.69, 9.17) is 0 Å². The number of unbranched alkanes of at least 4 members (excludes halogenated alkanes) is 2. The van der Waals surface area contributed by atoms with Gasteiger partial charge in [0.05, 0.1) is 0 Å². The van der Waals surface area contributed by atoms with Crippen molar-refractivity contribution in [2.75, 3.05) is 13.6 Å². The summed E-state index contributed by atoms with van der Waals surface area (Å²) in [4.78, 5) is 18.3. The summed E-state index contributed by atoms with van der Waals surface area (Å²) in [6.45, 7) is 5.09. The van der Waals surface area contributed by atoms with Crippen molar-refractivity contribution in [3.05, 3.63) is 29.6 Å². The molecule has 0 aliphatic rings. The maximum atomic E-state index is 12.3. The molecule has 1 aromatic heterocycles. The Bertz CT molecular complexity index is 377. The Morgan fingerprint density at radius 3 is 2.67 bits per heavy atom. The molecule has 3 nitrogen and oxygen atoms in total. The SMILES string of the molecule is CCCCc1cccnc1C(=O)N(C)CCCC. The molecule has 100 valence electrons. The lowest BCUT2D eigenvalue weighted by molar-refractivity contribution is 0.0786. The van der Waals surface area contributed by atoms with Crippen LogP contribution in [0.25, 0.3) is 0 Å². The number of aryl methyl sites for hydroxylation is 1. The second-order valence-corrected chi connectivity index (χ2v) is 4.69. The Labute approximate surface area is 110 Å². The van der Waals surface area contributed by atoms with E-state index in [1.165, 1.54) is 0 Å². The topological polar surface area (TPSA) is 33.2 Å². The monoisotopic (exact) mass is 248 g/mol. The standard InChI is InChI=1S/C15H24N2O/c1-4-6-9-13-10-8-11-16-14(13)15(18)17(3)12-7-5-2/h8,10-11H,4-7,9,12H2,1-3H3. The Morgan fingerprint density at radius 1 is 1.28 bits per heavy atom. The van der Waals surface area contributed by atoms with Crippen LogP contribution < -0.4 is 0 Å². The highest BCUT2D eigenvalue weighted by Gasteiger charge is 2.16. The van der Waals surface area contributed by atoms with Crippen molar-refractivity contribution in [3.63, 3.8) is 0 Å². The number of carbonyl (C=O) groups excluding carboxylic acids is 1. The second kappa shape index (κ2) is 7.85. The van der Waals surface area contributed by atoms with Gasteiger partial charge in [-0.3, -0.25) is 9.78 Å². The molecule has 1 heterocycles. The fourth-order valence-electron chi connectivity index (χ4n) is 1.88. The molecule has 0 radical (unpaired) electrons. The molecule has 0 N–H and O–H groups in total. The summed E-state index contributed by atoms with van der Waals surface area (Å²) in [6, 6.07) is 3.93. The third-order valence-electron chi connectivity index (χ3n) is 3.09. The number of aromatic nitrogens is 1. The molecule has 0 fully saturated rings. The van der Waals surface area contributed by atoms with E-state index in [0.717, 1.165) is 44.2 Å². The first-order valence-corrected chi connectivity index (χ1v) is 6.90. The molecule has 1 amide bonds. The third-order valence-corrected chi connectivity index (χ3v) is 3.09. The van der Waals surface area contributed by atoms with Gasteiger partial charge < -0.3 is 4.90 Å². The number of nitrogens with zero attached hydrogens (tertiary/aromatic N) is 2. The van der Waals surface area contributed by atoms with E-state index >= 15 is 0 Å². The summed E-state index contributed by atoms with van der Waals surface area (Å²) in [5, 5.41) is 0. The molecule has 3 heteroatoms. The zero-order valence-corrected chi connectivity index (χ0v) is 11.8. The normalized spacial score (nSPS) is 10.4. The predicted octanol–water partition coefficient (Wildman–Crippen LogP) is 3.30. The van der Waals surface area contributed by atoms with E-state index in [1.807, 2.05) is 19.2 Å². The van der Waals surface area contributed by atoms with Gasteiger partial charge in [0.25, 0.3) is 5.91 Å². The number of hydrogen-bond donors (Lipinski definition) is 0. The van der Waals surface area contributed by atoms with Crippen molar-refractivity contribution in [2.24, 2.45) is 0 Å². The smallest absolute Gasteiger partial charge is 0.272 e. The highest BCUT2D eigenvalue weighted by Crippen LogP contribution is 2.12. The zero-order valence-electron chi connectivity index (χ0n) is 11.8. The molecular formula is C15H24N2O. The number of rotatable bonds is 7. The van der Waals surface area contributed by atoms with Gasteiger partial charge >= 0.3 is 0 Å². The van der Waals surface area contributed by atoms with Crippen molar-refractivity contribution in [3.8, 4) is 0 Å². The van der Waals surface area contributed by atoms with E-state index in [-0.39, 0.29) is 5.91 Å². The average Bonchev–Trinajstić information content (AvgIpc) is 2.42. The Morgan fingerprint density at radius 2 is 2.00 bits per heavy atom.